The van der Waals surface area contributed by atoms with Crippen molar-refractivity contribution in [3.63, 3.8) is 0 Å². The number of nitrogens with zero attached hydrogens (tertiary/aromatic N) is 1. The fourth-order valence-electron chi connectivity index (χ4n) is 0.532. The predicted octanol–water partition coefficient (Wildman–Crippen LogP) is 0.922. The van der Waals surface area contributed by atoms with E-state index in [1.54, 1.807) is 4.57 Å². The summed E-state index contributed by atoms with van der Waals surface area (Å²) in [6, 6.07) is 4.04. The summed E-state index contributed by atoms with van der Waals surface area (Å²) in [6.07, 6.45) is 3.85. The second-order valence-electron chi connectivity index (χ2n) is 1.89. The fraction of sp³-hybridized carbons (Fsp3) is 0.143. The Kier molecular flexibility index (Phi) is 1.29. The molecule has 41 valence electrons. The van der Waals surface area contributed by atoms with Gasteiger partial charge in [-0.15, -0.1) is 0 Å². The molecule has 0 fully saturated rings. The second-order valence-corrected chi connectivity index (χ2v) is 1.89. The van der Waals surface area contributed by atoms with Crippen LogP contribution in [0.3, 0.4) is 0 Å². The lowest BCUT2D eigenvalue weighted by Crippen LogP contribution is -2.22. The van der Waals surface area contributed by atoms with E-state index in [9.17, 15) is 0 Å². The Hall–Kier alpha value is -0.850. The van der Waals surface area contributed by atoms with Crippen molar-refractivity contribution in [2.45, 2.75) is 6.92 Å². The van der Waals surface area contributed by atoms with E-state index in [2.05, 4.69) is 14.0 Å². The molecule has 0 aromatic carbocycles. The number of hydrogen-bond donors (Lipinski definition) is 0. The summed E-state index contributed by atoms with van der Waals surface area (Å²) >= 11 is 0. The molecule has 1 heterocycles. The number of aromatic nitrogens is 1. The summed E-state index contributed by atoms with van der Waals surface area (Å²) in [5.41, 5.74) is 1.27. The van der Waals surface area contributed by atoms with Gasteiger partial charge in [0.05, 0.1) is 0 Å². The normalized spacial score (nSPS) is 9.25. The predicted molar refractivity (Wildman–Crippen MR) is 32.1 cm³/mol. The van der Waals surface area contributed by atoms with Crippen LogP contribution in [0.4, 0.5) is 0 Å². The van der Waals surface area contributed by atoms with Gasteiger partial charge in [-0.05, 0) is 12.5 Å². The van der Waals surface area contributed by atoms with Gasteiger partial charge in [0.2, 0.25) is 7.05 Å². The van der Waals surface area contributed by atoms with Gasteiger partial charge < -0.3 is 0 Å². The lowest BCUT2D eigenvalue weighted by atomic mass is 10.3. The second kappa shape index (κ2) is 1.95. The Morgan fingerprint density at radius 1 is 1.38 bits per heavy atom. The number of pyridine rings is 1. The Labute approximate surface area is 49.6 Å². The van der Waals surface area contributed by atoms with Gasteiger partial charge in [-0.3, -0.25) is 0 Å². The number of aryl methyl sites for hydroxylation is 1. The number of rotatable bonds is 0. The maximum absolute atomic E-state index is 3.68. The Morgan fingerprint density at radius 3 is 2.25 bits per heavy atom. The topological polar surface area (TPSA) is 3.88 Å². The van der Waals surface area contributed by atoms with Crippen molar-refractivity contribution in [3.05, 3.63) is 37.1 Å². The molecule has 0 saturated carbocycles. The van der Waals surface area contributed by atoms with Gasteiger partial charge in [-0.1, -0.05) is 0 Å². The van der Waals surface area contributed by atoms with Crippen LogP contribution in [0, 0.1) is 14.0 Å². The third kappa shape index (κ3) is 1.06. The van der Waals surface area contributed by atoms with Crippen LogP contribution in [-0.2, 0) is 0 Å². The standard InChI is InChI=1S/C7H9N/c1-7-3-5-8(2)6-4-7/h3-6H,2H2,1H3/q+1. The first-order valence-corrected chi connectivity index (χ1v) is 2.58. The molecule has 0 unspecified atom stereocenters. The highest BCUT2D eigenvalue weighted by Gasteiger charge is 1.86. The van der Waals surface area contributed by atoms with Crippen molar-refractivity contribution in [3.8, 4) is 0 Å². The van der Waals surface area contributed by atoms with E-state index in [-0.39, 0.29) is 0 Å². The van der Waals surface area contributed by atoms with E-state index in [4.69, 9.17) is 0 Å². The maximum Gasteiger partial charge on any atom is 0.206 e. The SMILES string of the molecule is [CH2][n+]1ccc(C)cc1. The van der Waals surface area contributed by atoms with Gasteiger partial charge in [0.1, 0.15) is 0 Å². The van der Waals surface area contributed by atoms with Crippen molar-refractivity contribution in [2.75, 3.05) is 0 Å². The Bertz CT molecular complexity index is 143. The van der Waals surface area contributed by atoms with Crippen LogP contribution < -0.4 is 4.57 Å². The third-order valence-corrected chi connectivity index (χ3v) is 1.06. The molecule has 1 nitrogen and oxygen atoms in total. The van der Waals surface area contributed by atoms with E-state index in [1.807, 2.05) is 24.5 Å². The molecule has 0 bridgehead atoms. The Balaban J connectivity index is 3.03. The van der Waals surface area contributed by atoms with Gasteiger partial charge >= 0.3 is 0 Å². The molecule has 1 aromatic rings. The highest BCUT2D eigenvalue weighted by molar-refractivity contribution is 5.03. The zero-order valence-electron chi connectivity index (χ0n) is 4.96. The highest BCUT2D eigenvalue weighted by atomic mass is 14.9. The van der Waals surface area contributed by atoms with Crippen molar-refractivity contribution in [2.24, 2.45) is 0 Å². The molecule has 0 aliphatic carbocycles. The summed E-state index contributed by atoms with van der Waals surface area (Å²) in [7, 11) is 3.68. The first-order chi connectivity index (χ1) is 3.79. The van der Waals surface area contributed by atoms with Gasteiger partial charge in [0.25, 0.3) is 0 Å². The van der Waals surface area contributed by atoms with E-state index in [1.165, 1.54) is 5.56 Å². The van der Waals surface area contributed by atoms with Gasteiger partial charge in [-0.25, -0.2) is 0 Å². The molecule has 0 aliphatic rings. The van der Waals surface area contributed by atoms with Crippen molar-refractivity contribution in [1.29, 1.82) is 0 Å². The first-order valence-electron chi connectivity index (χ1n) is 2.58. The summed E-state index contributed by atoms with van der Waals surface area (Å²) in [5, 5.41) is 0. The van der Waals surface area contributed by atoms with Crippen LogP contribution in [0.2, 0.25) is 0 Å². The minimum Gasteiger partial charge on any atom is -0.198 e. The summed E-state index contributed by atoms with van der Waals surface area (Å²) < 4.78 is 1.77. The molecule has 1 radical (unpaired) electrons. The van der Waals surface area contributed by atoms with Crippen molar-refractivity contribution >= 4 is 0 Å². The summed E-state index contributed by atoms with van der Waals surface area (Å²) in [4.78, 5) is 0. The molecule has 0 atom stereocenters. The quantitative estimate of drug-likeness (QED) is 0.434. The van der Waals surface area contributed by atoms with Crippen molar-refractivity contribution < 1.29 is 4.57 Å². The van der Waals surface area contributed by atoms with Crippen LogP contribution in [-0.4, -0.2) is 0 Å². The average molecular weight is 107 g/mol. The molecule has 0 saturated heterocycles. The largest absolute Gasteiger partial charge is 0.206 e. The monoisotopic (exact) mass is 107 g/mol. The molecule has 0 N–H and O–H groups in total. The molecule has 0 amide bonds. The van der Waals surface area contributed by atoms with Gasteiger partial charge in [0.15, 0.2) is 12.4 Å². The van der Waals surface area contributed by atoms with E-state index in [0.29, 0.717) is 0 Å². The summed E-state index contributed by atoms with van der Waals surface area (Å²) in [5.74, 6) is 0. The number of hydrogen-bond acceptors (Lipinski definition) is 0. The first kappa shape index (κ1) is 5.29. The zero-order chi connectivity index (χ0) is 5.98. The van der Waals surface area contributed by atoms with Gasteiger partial charge in [-0.2, -0.15) is 4.57 Å². The molecule has 8 heavy (non-hydrogen) atoms. The highest BCUT2D eigenvalue weighted by Crippen LogP contribution is 1.87. The van der Waals surface area contributed by atoms with Crippen LogP contribution in [0.25, 0.3) is 0 Å². The minimum atomic E-state index is 1.27. The minimum absolute atomic E-state index is 1.27. The maximum atomic E-state index is 3.68. The lowest BCUT2D eigenvalue weighted by Gasteiger charge is -1.84. The van der Waals surface area contributed by atoms with Crippen LogP contribution in [0.15, 0.2) is 24.5 Å². The van der Waals surface area contributed by atoms with Gasteiger partial charge in [0, 0.05) is 12.1 Å². The van der Waals surface area contributed by atoms with Crippen molar-refractivity contribution in [1.82, 2.24) is 0 Å². The summed E-state index contributed by atoms with van der Waals surface area (Å²) in [6.45, 7) is 2.06. The average Bonchev–Trinajstić information content (AvgIpc) is 1.77. The van der Waals surface area contributed by atoms with E-state index >= 15 is 0 Å². The molecule has 1 aromatic heterocycles. The zero-order valence-corrected chi connectivity index (χ0v) is 4.96. The van der Waals surface area contributed by atoms with E-state index < -0.39 is 0 Å². The molecule has 1 rings (SSSR count). The van der Waals surface area contributed by atoms with Crippen LogP contribution in [0.5, 0.6) is 0 Å². The van der Waals surface area contributed by atoms with Crippen LogP contribution >= 0.6 is 0 Å². The lowest BCUT2D eigenvalue weighted by molar-refractivity contribution is -0.612. The van der Waals surface area contributed by atoms with E-state index in [0.717, 1.165) is 0 Å². The third-order valence-electron chi connectivity index (χ3n) is 1.06. The molecule has 0 aliphatic heterocycles. The fourth-order valence-corrected chi connectivity index (χ4v) is 0.532. The molecular formula is C7H9N+. The smallest absolute Gasteiger partial charge is 0.198 e. The van der Waals surface area contributed by atoms with Crippen LogP contribution in [0.1, 0.15) is 5.56 Å². The Morgan fingerprint density at radius 2 is 1.88 bits per heavy atom. The molecular weight excluding hydrogens is 98.1 g/mol. The molecule has 0 spiro atoms. The molecule has 1 heteroatoms.